The molecule has 0 radical (unpaired) electrons. The van der Waals surface area contributed by atoms with Gasteiger partial charge in [-0.15, -0.1) is 0 Å². The van der Waals surface area contributed by atoms with Crippen LogP contribution in [-0.2, 0) is 6.54 Å². The Hall–Kier alpha value is -1.20. The van der Waals surface area contributed by atoms with Crippen molar-refractivity contribution in [3.8, 4) is 0 Å². The summed E-state index contributed by atoms with van der Waals surface area (Å²) in [7, 11) is 0. The molecule has 1 fully saturated rings. The van der Waals surface area contributed by atoms with E-state index in [-0.39, 0.29) is 5.82 Å². The monoisotopic (exact) mass is 355 g/mol. The van der Waals surface area contributed by atoms with Gasteiger partial charge in [0.25, 0.3) is 0 Å². The summed E-state index contributed by atoms with van der Waals surface area (Å²) in [5.41, 5.74) is 0.827. The van der Waals surface area contributed by atoms with Crippen LogP contribution in [0.25, 0.3) is 0 Å². The molecule has 6 heteroatoms. The van der Waals surface area contributed by atoms with Crippen molar-refractivity contribution in [2.75, 3.05) is 5.32 Å². The Balaban J connectivity index is 1.76. The second-order valence-electron chi connectivity index (χ2n) is 4.80. The van der Waals surface area contributed by atoms with Crippen LogP contribution in [0.15, 0.2) is 28.7 Å². The Bertz CT molecular complexity index is 646. The van der Waals surface area contributed by atoms with Crippen LogP contribution >= 0.6 is 27.5 Å². The lowest BCUT2D eigenvalue weighted by Gasteiger charge is -2.09. The van der Waals surface area contributed by atoms with Gasteiger partial charge in [-0.25, -0.2) is 14.4 Å². The molecule has 1 saturated carbocycles. The van der Waals surface area contributed by atoms with Gasteiger partial charge in [0, 0.05) is 23.0 Å². The van der Waals surface area contributed by atoms with Gasteiger partial charge in [0.1, 0.15) is 22.6 Å². The molecule has 0 atom stereocenters. The molecule has 20 heavy (non-hydrogen) atoms. The van der Waals surface area contributed by atoms with Crippen molar-refractivity contribution in [2.24, 2.45) is 0 Å². The highest BCUT2D eigenvalue weighted by Crippen LogP contribution is 2.38. The number of aromatic nitrogens is 2. The molecule has 1 aliphatic carbocycles. The number of benzene rings is 1. The number of anilines is 1. The molecule has 0 amide bonds. The maximum Gasteiger partial charge on any atom is 0.135 e. The van der Waals surface area contributed by atoms with E-state index in [2.05, 4.69) is 31.2 Å². The number of nitrogens with zero attached hydrogens (tertiary/aromatic N) is 2. The van der Waals surface area contributed by atoms with Gasteiger partial charge in [-0.05, 0) is 36.6 Å². The molecule has 0 saturated heterocycles. The number of hydrogen-bond acceptors (Lipinski definition) is 3. The number of halogens is 3. The highest BCUT2D eigenvalue weighted by atomic mass is 79.9. The largest absolute Gasteiger partial charge is 0.366 e. The van der Waals surface area contributed by atoms with Gasteiger partial charge in [0.15, 0.2) is 0 Å². The zero-order valence-corrected chi connectivity index (χ0v) is 12.9. The molecule has 0 unspecified atom stereocenters. The summed E-state index contributed by atoms with van der Waals surface area (Å²) in [6.07, 6.45) is 2.24. The molecule has 1 aliphatic rings. The topological polar surface area (TPSA) is 37.8 Å². The van der Waals surface area contributed by atoms with Gasteiger partial charge in [0.2, 0.25) is 0 Å². The lowest BCUT2D eigenvalue weighted by molar-refractivity contribution is 0.625. The number of rotatable bonds is 4. The van der Waals surface area contributed by atoms with E-state index in [0.29, 0.717) is 23.4 Å². The summed E-state index contributed by atoms with van der Waals surface area (Å²) >= 11 is 9.40. The first kappa shape index (κ1) is 13.8. The van der Waals surface area contributed by atoms with Crippen LogP contribution in [0.4, 0.5) is 10.2 Å². The van der Waals surface area contributed by atoms with E-state index in [1.165, 1.54) is 12.1 Å². The first-order valence-electron chi connectivity index (χ1n) is 6.34. The summed E-state index contributed by atoms with van der Waals surface area (Å²) < 4.78 is 14.1. The molecule has 3 nitrogen and oxygen atoms in total. The van der Waals surface area contributed by atoms with Crippen LogP contribution < -0.4 is 5.32 Å². The van der Waals surface area contributed by atoms with Gasteiger partial charge in [0.05, 0.1) is 0 Å². The Morgan fingerprint density at radius 3 is 2.85 bits per heavy atom. The maximum absolute atomic E-state index is 13.2. The van der Waals surface area contributed by atoms with Gasteiger partial charge in [-0.1, -0.05) is 27.5 Å². The Morgan fingerprint density at radius 2 is 2.10 bits per heavy atom. The molecule has 2 aromatic rings. The average Bonchev–Trinajstić information content (AvgIpc) is 3.23. The zero-order valence-electron chi connectivity index (χ0n) is 10.5. The second kappa shape index (κ2) is 5.66. The van der Waals surface area contributed by atoms with Crippen LogP contribution in [0.3, 0.4) is 0 Å². The fourth-order valence-electron chi connectivity index (χ4n) is 1.91. The summed E-state index contributed by atoms with van der Waals surface area (Å²) in [6.45, 7) is 0.468. The summed E-state index contributed by atoms with van der Waals surface area (Å²) in [5, 5.41) is 3.59. The molecule has 0 bridgehead atoms. The molecular formula is C14H12BrClFN3. The molecule has 1 aromatic carbocycles. The third kappa shape index (κ3) is 3.27. The first-order chi connectivity index (χ1) is 9.61. The van der Waals surface area contributed by atoms with Crippen LogP contribution in [0.2, 0.25) is 5.15 Å². The third-order valence-corrected chi connectivity index (χ3v) is 4.09. The maximum atomic E-state index is 13.2. The number of nitrogens with one attached hydrogen (secondary N) is 1. The Labute approximate surface area is 129 Å². The fourth-order valence-corrected chi connectivity index (χ4v) is 2.49. The summed E-state index contributed by atoms with van der Waals surface area (Å²) in [5.74, 6) is 1.64. The van der Waals surface area contributed by atoms with Gasteiger partial charge in [-0.3, -0.25) is 0 Å². The molecule has 1 aromatic heterocycles. The third-order valence-electron chi connectivity index (χ3n) is 3.12. The summed E-state index contributed by atoms with van der Waals surface area (Å²) in [6, 6.07) is 6.28. The van der Waals surface area contributed by atoms with Crippen LogP contribution in [-0.4, -0.2) is 9.97 Å². The predicted molar refractivity (Wildman–Crippen MR) is 80.4 cm³/mol. The lowest BCUT2D eigenvalue weighted by atomic mass is 10.2. The first-order valence-corrected chi connectivity index (χ1v) is 7.51. The van der Waals surface area contributed by atoms with Crippen LogP contribution in [0.5, 0.6) is 0 Å². The SMILES string of the molecule is Fc1ccc(Br)c(CNc2cc(Cl)nc(C3CC3)n2)c1. The molecule has 0 aliphatic heterocycles. The van der Waals surface area contributed by atoms with Crippen LogP contribution in [0, 0.1) is 5.82 Å². The summed E-state index contributed by atoms with van der Waals surface area (Å²) in [4.78, 5) is 8.67. The van der Waals surface area contributed by atoms with Crippen molar-refractivity contribution < 1.29 is 4.39 Å². The molecule has 0 spiro atoms. The molecule has 1 heterocycles. The van der Waals surface area contributed by atoms with Gasteiger partial charge >= 0.3 is 0 Å². The highest BCUT2D eigenvalue weighted by molar-refractivity contribution is 9.10. The van der Waals surface area contributed by atoms with Crippen molar-refractivity contribution in [3.05, 3.63) is 51.1 Å². The predicted octanol–water partition coefficient (Wildman–Crippen LogP) is 4.52. The molecular weight excluding hydrogens is 345 g/mol. The quantitative estimate of drug-likeness (QED) is 0.818. The Morgan fingerprint density at radius 1 is 1.30 bits per heavy atom. The van der Waals surface area contributed by atoms with Crippen molar-refractivity contribution >= 4 is 33.3 Å². The van der Waals surface area contributed by atoms with Crippen LogP contribution in [0.1, 0.15) is 30.1 Å². The van der Waals surface area contributed by atoms with E-state index in [1.807, 2.05) is 0 Å². The van der Waals surface area contributed by atoms with E-state index in [0.717, 1.165) is 28.7 Å². The minimum Gasteiger partial charge on any atom is -0.366 e. The minimum atomic E-state index is -0.260. The standard InChI is InChI=1S/C14H12BrClFN3/c15-11-4-3-10(17)5-9(11)7-18-13-6-12(16)19-14(20-13)8-1-2-8/h3-6,8H,1-2,7H2,(H,18,19,20). The Kier molecular flexibility index (Phi) is 3.89. The van der Waals surface area contributed by atoms with Crippen molar-refractivity contribution in [2.45, 2.75) is 25.3 Å². The van der Waals surface area contributed by atoms with Gasteiger partial charge in [-0.2, -0.15) is 0 Å². The van der Waals surface area contributed by atoms with Crippen molar-refractivity contribution in [1.29, 1.82) is 0 Å². The van der Waals surface area contributed by atoms with Gasteiger partial charge < -0.3 is 5.32 Å². The fraction of sp³-hybridized carbons (Fsp3) is 0.286. The lowest BCUT2D eigenvalue weighted by Crippen LogP contribution is -2.05. The minimum absolute atomic E-state index is 0.260. The van der Waals surface area contributed by atoms with E-state index < -0.39 is 0 Å². The van der Waals surface area contributed by atoms with E-state index in [1.54, 1.807) is 12.1 Å². The molecule has 104 valence electrons. The van der Waals surface area contributed by atoms with Crippen molar-refractivity contribution in [1.82, 2.24) is 9.97 Å². The molecule has 3 rings (SSSR count). The normalized spacial score (nSPS) is 14.3. The zero-order chi connectivity index (χ0) is 14.1. The number of hydrogen-bond donors (Lipinski definition) is 1. The second-order valence-corrected chi connectivity index (χ2v) is 6.04. The highest BCUT2D eigenvalue weighted by Gasteiger charge is 2.27. The van der Waals surface area contributed by atoms with Crippen molar-refractivity contribution in [3.63, 3.8) is 0 Å². The van der Waals surface area contributed by atoms with E-state index in [4.69, 9.17) is 11.6 Å². The smallest absolute Gasteiger partial charge is 0.135 e. The molecule has 1 N–H and O–H groups in total. The van der Waals surface area contributed by atoms with E-state index >= 15 is 0 Å². The van der Waals surface area contributed by atoms with E-state index in [9.17, 15) is 4.39 Å². The average molecular weight is 357 g/mol.